The van der Waals surface area contributed by atoms with Gasteiger partial charge in [-0.25, -0.2) is 30.0 Å². The zero-order valence-corrected chi connectivity index (χ0v) is 73.1. The van der Waals surface area contributed by atoms with E-state index in [1.165, 1.54) is 168 Å². The van der Waals surface area contributed by atoms with Crippen molar-refractivity contribution in [3.8, 4) is 0 Å². The van der Waals surface area contributed by atoms with E-state index in [0.717, 1.165) is 180 Å². The van der Waals surface area contributed by atoms with Crippen molar-refractivity contribution in [3.63, 3.8) is 0 Å². The summed E-state index contributed by atoms with van der Waals surface area (Å²) >= 11 is 0. The molecule has 582 valence electrons. The van der Waals surface area contributed by atoms with Crippen LogP contribution < -0.4 is 0 Å². The SMILES string of the molecule is CCC1=C(CC)C2=NC1=Cc1[nH]c(c(C)c1C)C(C)(C)c1[nH]c(c(C)c1C)/C=C1/N=C(C3=N/C(=C\c4[nH]c(c(C)c4C)C(C)(C)c4[nH]c(c(C)c4C)/C=C4\N=C(C5=N/C(=C\c6[nH]c(c(C)c6C)C(C)(C)c6[nH]c(c(C)c6C)/C=C6\N=C2C(CC)=C6CC)C(CC)=C5CC)C(CC)=C4CC)C(CC)=C3CC)C(CC)=C1CC. The summed E-state index contributed by atoms with van der Waals surface area (Å²) in [7, 11) is 0. The topological polar surface area (TPSA) is 169 Å². The lowest BCUT2D eigenvalue weighted by Gasteiger charge is -2.25. The van der Waals surface area contributed by atoms with E-state index in [1.807, 2.05) is 0 Å². The predicted molar refractivity (Wildman–Crippen MR) is 476 cm³/mol. The van der Waals surface area contributed by atoms with E-state index >= 15 is 0 Å². The molecule has 12 nitrogen and oxygen atoms in total. The number of rotatable bonds is 12. The fourth-order valence-electron chi connectivity index (χ4n) is 19.9. The summed E-state index contributed by atoms with van der Waals surface area (Å²) in [6, 6.07) is 0. The number of nitrogens with zero attached hydrogens (tertiary/aromatic N) is 6. The van der Waals surface area contributed by atoms with Gasteiger partial charge in [0.05, 0.1) is 68.5 Å². The molecule has 0 radical (unpaired) electrons. The molecule has 6 aromatic rings. The van der Waals surface area contributed by atoms with Crippen LogP contribution in [0.15, 0.2) is 131 Å². The lowest BCUT2D eigenvalue weighted by atomic mass is 9.81. The number of aliphatic imine (C=N–C) groups is 6. The molecule has 0 amide bonds. The van der Waals surface area contributed by atoms with Gasteiger partial charge < -0.3 is 29.9 Å². The Morgan fingerprint density at radius 3 is 0.414 bits per heavy atom. The van der Waals surface area contributed by atoms with Crippen molar-refractivity contribution in [2.75, 3.05) is 0 Å². The van der Waals surface area contributed by atoms with Crippen LogP contribution in [0.2, 0.25) is 0 Å². The third-order valence-electron chi connectivity index (χ3n) is 27.1. The highest BCUT2D eigenvalue weighted by atomic mass is 14.9. The van der Waals surface area contributed by atoms with Crippen molar-refractivity contribution in [2.45, 2.75) is 301 Å². The van der Waals surface area contributed by atoms with Crippen molar-refractivity contribution in [1.29, 1.82) is 0 Å². The molecule has 13 rings (SSSR count). The first-order valence-electron chi connectivity index (χ1n) is 42.1. The molecule has 24 bridgehead atoms. The molecule has 7 aliphatic heterocycles. The summed E-state index contributed by atoms with van der Waals surface area (Å²) < 4.78 is 0. The van der Waals surface area contributed by atoms with Crippen LogP contribution in [0, 0.1) is 83.1 Å². The van der Waals surface area contributed by atoms with Crippen molar-refractivity contribution >= 4 is 70.7 Å². The molecular formula is C99H126N12. The van der Waals surface area contributed by atoms with E-state index in [9.17, 15) is 0 Å². The molecule has 0 unspecified atom stereocenters. The molecule has 0 aromatic carbocycles. The third-order valence-corrected chi connectivity index (χ3v) is 27.1. The van der Waals surface area contributed by atoms with E-state index in [2.05, 4.69) is 274 Å². The van der Waals surface area contributed by atoms with Crippen LogP contribution in [-0.4, -0.2) is 64.2 Å². The number of hydrogen-bond donors (Lipinski definition) is 6. The van der Waals surface area contributed by atoms with Gasteiger partial charge in [-0.2, -0.15) is 0 Å². The average Bonchev–Trinajstić information content (AvgIpc) is 1.61. The second-order valence-electron chi connectivity index (χ2n) is 33.8. The highest BCUT2D eigenvalue weighted by molar-refractivity contribution is 6.57. The molecule has 0 saturated carbocycles. The van der Waals surface area contributed by atoms with Crippen molar-refractivity contribution in [1.82, 2.24) is 29.9 Å². The second-order valence-corrected chi connectivity index (χ2v) is 33.8. The smallest absolute Gasteiger partial charge is 0.0932 e. The number of nitrogens with one attached hydrogen (secondary N) is 6. The Labute approximate surface area is 663 Å². The predicted octanol–water partition coefficient (Wildman–Crippen LogP) is 26.2. The van der Waals surface area contributed by atoms with Gasteiger partial charge in [-0.05, 0) is 372 Å². The number of aromatic nitrogens is 6. The van der Waals surface area contributed by atoms with E-state index in [-0.39, 0.29) is 0 Å². The second kappa shape index (κ2) is 29.9. The zero-order valence-electron chi connectivity index (χ0n) is 73.1. The number of fused-ring (bicyclic) bond motifs is 21. The normalized spacial score (nSPS) is 20.9. The van der Waals surface area contributed by atoms with E-state index in [1.54, 1.807) is 0 Å². The van der Waals surface area contributed by atoms with Crippen LogP contribution in [0.3, 0.4) is 0 Å². The molecule has 13 heterocycles. The van der Waals surface area contributed by atoms with Gasteiger partial charge in [-0.15, -0.1) is 0 Å². The fraction of sp³-hybridized carbons (Fsp3) is 0.455. The summed E-state index contributed by atoms with van der Waals surface area (Å²) in [5, 5.41) is 0. The van der Waals surface area contributed by atoms with Gasteiger partial charge in [0.2, 0.25) is 0 Å². The van der Waals surface area contributed by atoms with Crippen LogP contribution in [0.5, 0.6) is 0 Å². The van der Waals surface area contributed by atoms with Gasteiger partial charge in [-0.3, -0.25) is 0 Å². The first-order valence-corrected chi connectivity index (χ1v) is 42.1. The maximum absolute atomic E-state index is 5.70. The summed E-state index contributed by atoms with van der Waals surface area (Å²) in [5.41, 5.74) is 55.1. The fourth-order valence-corrected chi connectivity index (χ4v) is 19.9. The molecule has 111 heavy (non-hydrogen) atoms. The minimum Gasteiger partial charge on any atom is -0.358 e. The van der Waals surface area contributed by atoms with Crippen LogP contribution in [-0.2, 0) is 16.2 Å². The average molecular weight is 1480 g/mol. The largest absolute Gasteiger partial charge is 0.358 e. The Kier molecular flexibility index (Phi) is 21.5. The molecule has 7 aliphatic rings. The minimum absolute atomic E-state index is 0.414. The maximum atomic E-state index is 5.70. The summed E-state index contributed by atoms with van der Waals surface area (Å²) in [6.07, 6.45) is 24.3. The molecule has 0 atom stereocenters. The van der Waals surface area contributed by atoms with Crippen molar-refractivity contribution < 1.29 is 0 Å². The number of H-pyrrole nitrogens is 6. The molecule has 0 spiro atoms. The number of allylic oxidation sites excluding steroid dienone is 12. The third kappa shape index (κ3) is 12.6. The molecule has 12 heteroatoms. The molecule has 0 fully saturated rings. The van der Waals surface area contributed by atoms with Gasteiger partial charge >= 0.3 is 0 Å². The molecular weight excluding hydrogens is 1360 g/mol. The minimum atomic E-state index is -0.414. The summed E-state index contributed by atoms with van der Waals surface area (Å²) in [4.78, 5) is 58.5. The Morgan fingerprint density at radius 2 is 0.306 bits per heavy atom. The highest BCUT2D eigenvalue weighted by Gasteiger charge is 2.41. The monoisotopic (exact) mass is 1480 g/mol. The molecule has 0 saturated heterocycles. The van der Waals surface area contributed by atoms with Crippen LogP contribution >= 0.6 is 0 Å². The standard InChI is InChI=1S/C99H126N12/c1-31-61-67(37-7)85-86-68(38-8)62(32-2)80(101-86)44-74-50(14)57(21)93(107-74)98(27,28)94-58(22)52(16)76(109-94)46-82-65(35-5)71(41-11)89(104-82)90-72(42-12)66(36-6)84(105-90)48-78-54(18)60(24)96(111-78)99(29,30)95-59(23)53(17)77(110-95)47-83-64(34-4)70(40-10)88(103-83)87-69(39-9)63(33-3)81(102-87)45-75-51(15)56(20)92(108-75)97(25,26)91-55(19)49(13)73(106-91)43-79(61)100-85/h43-48,106-111H,31-42H2,1-30H3/b79-43-,80-44-,81-45-,82-46-,83-47+,84-48?. The molecule has 6 N–H and O–H groups in total. The number of hydrogen-bond acceptors (Lipinski definition) is 6. The Bertz CT molecular complexity index is 4710. The van der Waals surface area contributed by atoms with Crippen molar-refractivity contribution in [2.24, 2.45) is 30.0 Å². The summed E-state index contributed by atoms with van der Waals surface area (Å²) in [5.74, 6) is 0. The van der Waals surface area contributed by atoms with Gasteiger partial charge in [-0.1, -0.05) is 83.1 Å². The first-order chi connectivity index (χ1) is 52.7. The highest BCUT2D eigenvalue weighted by Crippen LogP contribution is 2.48. The Morgan fingerprint density at radius 1 is 0.189 bits per heavy atom. The lowest BCUT2D eigenvalue weighted by Crippen LogP contribution is -2.22. The van der Waals surface area contributed by atoms with Gasteiger partial charge in [0.15, 0.2) is 0 Å². The van der Waals surface area contributed by atoms with Crippen LogP contribution in [0.25, 0.3) is 36.5 Å². The van der Waals surface area contributed by atoms with E-state index < -0.39 is 16.2 Å². The van der Waals surface area contributed by atoms with Crippen molar-refractivity contribution in [3.05, 3.63) is 236 Å². The van der Waals surface area contributed by atoms with Gasteiger partial charge in [0, 0.05) is 84.6 Å². The lowest BCUT2D eigenvalue weighted by molar-refractivity contribution is 0.594. The maximum Gasteiger partial charge on any atom is 0.0932 e. The van der Waals surface area contributed by atoms with E-state index in [4.69, 9.17) is 30.0 Å². The Hall–Kier alpha value is -9.42. The van der Waals surface area contributed by atoms with Gasteiger partial charge in [0.25, 0.3) is 0 Å². The first kappa shape index (κ1) is 79.7. The van der Waals surface area contributed by atoms with E-state index in [0.29, 0.717) is 0 Å². The summed E-state index contributed by atoms with van der Waals surface area (Å²) in [6.45, 7) is 68.9. The zero-order chi connectivity index (χ0) is 80.4. The molecule has 6 aromatic heterocycles. The Balaban J connectivity index is 0.985. The van der Waals surface area contributed by atoms with Crippen LogP contribution in [0.1, 0.15) is 337 Å². The quantitative estimate of drug-likeness (QED) is 0.0687. The van der Waals surface area contributed by atoms with Gasteiger partial charge in [0.1, 0.15) is 0 Å². The molecule has 0 aliphatic carbocycles. The van der Waals surface area contributed by atoms with Crippen LogP contribution in [0.4, 0.5) is 0 Å². The number of aromatic amines is 6.